The summed E-state index contributed by atoms with van der Waals surface area (Å²) in [6.07, 6.45) is -2.38. The van der Waals surface area contributed by atoms with E-state index in [4.69, 9.17) is 0 Å². The van der Waals surface area contributed by atoms with Gasteiger partial charge in [-0.05, 0) is 63.4 Å². The van der Waals surface area contributed by atoms with E-state index in [1.165, 1.54) is 6.92 Å². The number of hydrogen-bond acceptors (Lipinski definition) is 1. The molecule has 15 heavy (non-hydrogen) atoms. The number of aryl methyl sites for hydroxylation is 1. The third-order valence-electron chi connectivity index (χ3n) is 1.94. The maximum absolute atomic E-state index is 12.4. The zero-order valence-electron chi connectivity index (χ0n) is 8.32. The summed E-state index contributed by atoms with van der Waals surface area (Å²) in [5, 5.41) is 2.76. The molecule has 0 aliphatic carbocycles. The van der Waals surface area contributed by atoms with Gasteiger partial charge in [0, 0.05) is 8.95 Å². The van der Waals surface area contributed by atoms with Gasteiger partial charge in [0.25, 0.3) is 6.43 Å². The highest BCUT2D eigenvalue weighted by Gasteiger charge is 2.16. The van der Waals surface area contributed by atoms with Crippen LogP contribution >= 0.6 is 31.9 Å². The highest BCUT2D eigenvalue weighted by atomic mass is 79.9. The Balaban J connectivity index is 2.95. The lowest BCUT2D eigenvalue weighted by atomic mass is 10.2. The van der Waals surface area contributed by atoms with Crippen LogP contribution in [0.25, 0.3) is 0 Å². The summed E-state index contributed by atoms with van der Waals surface area (Å²) in [4.78, 5) is 0. The van der Waals surface area contributed by atoms with E-state index in [0.717, 1.165) is 14.5 Å². The Kier molecular flexibility index (Phi) is 4.52. The maximum atomic E-state index is 12.4. The molecule has 1 nitrogen and oxygen atoms in total. The van der Waals surface area contributed by atoms with Crippen molar-refractivity contribution in [2.75, 3.05) is 5.32 Å². The predicted molar refractivity (Wildman–Crippen MR) is 65.7 cm³/mol. The van der Waals surface area contributed by atoms with Gasteiger partial charge in [0.2, 0.25) is 0 Å². The van der Waals surface area contributed by atoms with Crippen molar-refractivity contribution in [2.24, 2.45) is 0 Å². The number of halogens is 4. The molecule has 0 radical (unpaired) electrons. The van der Waals surface area contributed by atoms with Gasteiger partial charge in [-0.3, -0.25) is 0 Å². The number of alkyl halides is 2. The second kappa shape index (κ2) is 5.25. The van der Waals surface area contributed by atoms with Crippen molar-refractivity contribution in [3.8, 4) is 0 Å². The van der Waals surface area contributed by atoms with Gasteiger partial charge >= 0.3 is 0 Å². The molecule has 0 aliphatic heterocycles. The van der Waals surface area contributed by atoms with Crippen LogP contribution in [0.15, 0.2) is 21.1 Å². The molecular weight excluding hydrogens is 332 g/mol. The minimum absolute atomic E-state index is 0.661. The van der Waals surface area contributed by atoms with Crippen molar-refractivity contribution in [3.63, 3.8) is 0 Å². The van der Waals surface area contributed by atoms with Crippen LogP contribution in [0.2, 0.25) is 0 Å². The van der Waals surface area contributed by atoms with Crippen LogP contribution in [-0.2, 0) is 0 Å². The van der Waals surface area contributed by atoms with Crippen LogP contribution < -0.4 is 5.32 Å². The van der Waals surface area contributed by atoms with Gasteiger partial charge in [0.1, 0.15) is 0 Å². The van der Waals surface area contributed by atoms with Gasteiger partial charge in [-0.1, -0.05) is 0 Å². The number of anilines is 1. The van der Waals surface area contributed by atoms with Crippen molar-refractivity contribution in [2.45, 2.75) is 26.3 Å². The molecule has 0 amide bonds. The number of rotatable bonds is 3. The monoisotopic (exact) mass is 341 g/mol. The highest BCUT2D eigenvalue weighted by Crippen LogP contribution is 2.33. The minimum Gasteiger partial charge on any atom is -0.375 e. The first-order valence-corrected chi connectivity index (χ1v) is 6.00. The lowest BCUT2D eigenvalue weighted by Gasteiger charge is -2.17. The normalized spacial score (nSPS) is 13.0. The summed E-state index contributed by atoms with van der Waals surface area (Å²) in [6.45, 7) is 3.39. The molecule has 0 bridgehead atoms. The highest BCUT2D eigenvalue weighted by molar-refractivity contribution is 9.11. The summed E-state index contributed by atoms with van der Waals surface area (Å²) >= 11 is 6.68. The quantitative estimate of drug-likeness (QED) is 0.847. The number of nitrogens with one attached hydrogen (secondary N) is 1. The van der Waals surface area contributed by atoms with E-state index in [-0.39, 0.29) is 0 Å². The molecule has 0 saturated carbocycles. The van der Waals surface area contributed by atoms with Crippen molar-refractivity contribution in [1.82, 2.24) is 0 Å². The van der Waals surface area contributed by atoms with E-state index >= 15 is 0 Å². The molecule has 1 aromatic rings. The summed E-state index contributed by atoms with van der Waals surface area (Å²) in [5.41, 5.74) is 1.72. The largest absolute Gasteiger partial charge is 0.375 e. The first kappa shape index (κ1) is 12.9. The average molecular weight is 343 g/mol. The second-order valence-corrected chi connectivity index (χ2v) is 5.08. The van der Waals surface area contributed by atoms with Crippen molar-refractivity contribution in [1.29, 1.82) is 0 Å². The van der Waals surface area contributed by atoms with Gasteiger partial charge in [0.05, 0.1) is 11.7 Å². The Labute approximate surface area is 105 Å². The molecule has 1 N–H and O–H groups in total. The van der Waals surface area contributed by atoms with Crippen molar-refractivity contribution in [3.05, 3.63) is 26.6 Å². The van der Waals surface area contributed by atoms with Gasteiger partial charge in [-0.15, -0.1) is 0 Å². The van der Waals surface area contributed by atoms with Crippen LogP contribution in [-0.4, -0.2) is 12.5 Å². The van der Waals surface area contributed by atoms with Gasteiger partial charge in [-0.25, -0.2) is 8.78 Å². The molecule has 1 rings (SSSR count). The van der Waals surface area contributed by atoms with Crippen molar-refractivity contribution >= 4 is 37.5 Å². The lowest BCUT2D eigenvalue weighted by Crippen LogP contribution is -2.24. The molecule has 0 saturated heterocycles. The Morgan fingerprint density at radius 1 is 1.20 bits per heavy atom. The third kappa shape index (κ3) is 3.41. The molecule has 0 fully saturated rings. The van der Waals surface area contributed by atoms with Crippen LogP contribution in [0.1, 0.15) is 12.5 Å². The SMILES string of the molecule is Cc1cc(Br)c(NC(C)C(F)F)c(Br)c1. The Morgan fingerprint density at radius 3 is 2.07 bits per heavy atom. The molecular formula is C10H11Br2F2N. The smallest absolute Gasteiger partial charge is 0.258 e. The third-order valence-corrected chi connectivity index (χ3v) is 3.19. The molecule has 1 aromatic carbocycles. The van der Waals surface area contributed by atoms with Crippen LogP contribution in [0.4, 0.5) is 14.5 Å². The van der Waals surface area contributed by atoms with Gasteiger partial charge in [-0.2, -0.15) is 0 Å². The first-order valence-electron chi connectivity index (χ1n) is 4.42. The summed E-state index contributed by atoms with van der Waals surface area (Å²) < 4.78 is 26.3. The molecule has 5 heteroatoms. The van der Waals surface area contributed by atoms with E-state index in [9.17, 15) is 8.78 Å². The number of hydrogen-bond donors (Lipinski definition) is 1. The van der Waals surface area contributed by atoms with E-state index < -0.39 is 12.5 Å². The minimum atomic E-state index is -2.38. The maximum Gasteiger partial charge on any atom is 0.258 e. The first-order chi connectivity index (χ1) is 6.91. The Hall–Kier alpha value is -0.160. The Bertz CT molecular complexity index is 332. The van der Waals surface area contributed by atoms with Crippen LogP contribution in [0.5, 0.6) is 0 Å². The molecule has 0 aromatic heterocycles. The topological polar surface area (TPSA) is 12.0 Å². The van der Waals surface area contributed by atoms with E-state index in [2.05, 4.69) is 37.2 Å². The molecule has 0 aliphatic rings. The zero-order valence-corrected chi connectivity index (χ0v) is 11.5. The average Bonchev–Trinajstić information content (AvgIpc) is 2.10. The van der Waals surface area contributed by atoms with Gasteiger partial charge in [0.15, 0.2) is 0 Å². The summed E-state index contributed by atoms with van der Waals surface area (Å²) in [7, 11) is 0. The van der Waals surface area contributed by atoms with Crippen molar-refractivity contribution < 1.29 is 8.78 Å². The summed E-state index contributed by atoms with van der Waals surface area (Å²) in [6, 6.07) is 2.89. The fraction of sp³-hybridized carbons (Fsp3) is 0.400. The van der Waals surface area contributed by atoms with E-state index in [0.29, 0.717) is 5.69 Å². The number of benzene rings is 1. The van der Waals surface area contributed by atoms with Crippen LogP contribution in [0, 0.1) is 6.92 Å². The van der Waals surface area contributed by atoms with Crippen LogP contribution in [0.3, 0.4) is 0 Å². The van der Waals surface area contributed by atoms with Gasteiger partial charge < -0.3 is 5.32 Å². The molecule has 84 valence electrons. The molecule has 0 spiro atoms. The lowest BCUT2D eigenvalue weighted by molar-refractivity contribution is 0.130. The standard InChI is InChI=1S/C10H11Br2F2N/c1-5-3-7(11)9(8(12)4-5)15-6(2)10(13)14/h3-4,6,10,15H,1-2H3. The zero-order chi connectivity index (χ0) is 11.6. The fourth-order valence-corrected chi connectivity index (χ4v) is 2.77. The molecule has 0 heterocycles. The van der Waals surface area contributed by atoms with E-state index in [1.54, 1.807) is 0 Å². The van der Waals surface area contributed by atoms with E-state index in [1.807, 2.05) is 19.1 Å². The molecule has 1 atom stereocenters. The fourth-order valence-electron chi connectivity index (χ4n) is 1.13. The predicted octanol–water partition coefficient (Wildman–Crippen LogP) is 4.59. The molecule has 1 unspecified atom stereocenters. The Morgan fingerprint density at radius 2 is 1.67 bits per heavy atom. The second-order valence-electron chi connectivity index (χ2n) is 3.37. The summed E-state index contributed by atoms with van der Waals surface area (Å²) in [5.74, 6) is 0.